The molecule has 2 aromatic heterocycles. The van der Waals surface area contributed by atoms with E-state index in [1.54, 1.807) is 12.1 Å². The van der Waals surface area contributed by atoms with Crippen LogP contribution >= 0.6 is 0 Å². The van der Waals surface area contributed by atoms with Gasteiger partial charge >= 0.3 is 0 Å². The van der Waals surface area contributed by atoms with Crippen molar-refractivity contribution in [1.29, 1.82) is 0 Å². The fraction of sp³-hybridized carbons (Fsp3) is 0.100. The van der Waals surface area contributed by atoms with E-state index in [4.69, 9.17) is 5.11 Å². The fourth-order valence-corrected chi connectivity index (χ4v) is 1.13. The van der Waals surface area contributed by atoms with Crippen LogP contribution in [0.25, 0.3) is 11.4 Å². The maximum Gasteiger partial charge on any atom is 0.212 e. The van der Waals surface area contributed by atoms with E-state index in [1.165, 1.54) is 18.5 Å². The van der Waals surface area contributed by atoms with Crippen molar-refractivity contribution in [1.82, 2.24) is 15.0 Å². The van der Waals surface area contributed by atoms with E-state index in [0.717, 1.165) is 0 Å². The standard InChI is InChI=1S/C10H8FN3O/c11-9-2-1-7(5-13-9)10-12-4-3-8(6-15)14-10/h1-5,15H,6H2. The molecule has 0 unspecified atom stereocenters. The van der Waals surface area contributed by atoms with Gasteiger partial charge in [0.15, 0.2) is 5.82 Å². The van der Waals surface area contributed by atoms with Crippen LogP contribution in [0.3, 0.4) is 0 Å². The predicted octanol–water partition coefficient (Wildman–Crippen LogP) is 1.17. The minimum atomic E-state index is -0.544. The lowest BCUT2D eigenvalue weighted by Crippen LogP contribution is -1.95. The molecule has 2 heterocycles. The zero-order valence-electron chi connectivity index (χ0n) is 7.76. The Morgan fingerprint density at radius 1 is 1.20 bits per heavy atom. The Balaban J connectivity index is 2.40. The highest BCUT2D eigenvalue weighted by Crippen LogP contribution is 2.13. The summed E-state index contributed by atoms with van der Waals surface area (Å²) in [7, 11) is 0. The first-order valence-electron chi connectivity index (χ1n) is 4.34. The Hall–Kier alpha value is -1.88. The minimum absolute atomic E-state index is 0.149. The molecule has 4 nitrogen and oxygen atoms in total. The molecule has 2 aromatic rings. The molecular formula is C10H8FN3O. The van der Waals surface area contributed by atoms with E-state index < -0.39 is 5.95 Å². The Labute approximate surface area is 85.5 Å². The molecule has 0 atom stereocenters. The van der Waals surface area contributed by atoms with Crippen molar-refractivity contribution in [3.8, 4) is 11.4 Å². The number of hydrogen-bond acceptors (Lipinski definition) is 4. The van der Waals surface area contributed by atoms with Gasteiger partial charge in [-0.1, -0.05) is 0 Å². The third kappa shape index (κ3) is 2.13. The van der Waals surface area contributed by atoms with Gasteiger partial charge in [0, 0.05) is 18.0 Å². The number of aromatic nitrogens is 3. The molecule has 0 saturated heterocycles. The van der Waals surface area contributed by atoms with Crippen LogP contribution in [0.15, 0.2) is 30.6 Å². The molecule has 5 heteroatoms. The predicted molar refractivity (Wildman–Crippen MR) is 51.1 cm³/mol. The zero-order chi connectivity index (χ0) is 10.7. The Morgan fingerprint density at radius 2 is 2.07 bits per heavy atom. The third-order valence-corrected chi connectivity index (χ3v) is 1.86. The minimum Gasteiger partial charge on any atom is -0.390 e. The smallest absolute Gasteiger partial charge is 0.212 e. The summed E-state index contributed by atoms with van der Waals surface area (Å²) in [6.07, 6.45) is 2.89. The maximum absolute atomic E-state index is 12.6. The first-order chi connectivity index (χ1) is 7.29. The summed E-state index contributed by atoms with van der Waals surface area (Å²) in [5.41, 5.74) is 1.14. The molecule has 1 N–H and O–H groups in total. The first kappa shape index (κ1) is 9.67. The second kappa shape index (κ2) is 4.10. The number of aliphatic hydroxyl groups excluding tert-OH is 1. The Kier molecular flexibility index (Phi) is 2.64. The second-order valence-corrected chi connectivity index (χ2v) is 2.90. The molecule has 0 bridgehead atoms. The van der Waals surface area contributed by atoms with Gasteiger partial charge in [-0.2, -0.15) is 4.39 Å². The number of rotatable bonds is 2. The number of aliphatic hydroxyl groups is 1. The average molecular weight is 205 g/mol. The van der Waals surface area contributed by atoms with Gasteiger partial charge in [-0.15, -0.1) is 0 Å². The van der Waals surface area contributed by atoms with Crippen LogP contribution in [0, 0.1) is 5.95 Å². The summed E-state index contributed by atoms with van der Waals surface area (Å²) >= 11 is 0. The summed E-state index contributed by atoms with van der Waals surface area (Å²) < 4.78 is 12.6. The van der Waals surface area contributed by atoms with Crippen LogP contribution in [0.4, 0.5) is 4.39 Å². The molecule has 0 radical (unpaired) electrons. The Bertz CT molecular complexity index is 458. The van der Waals surface area contributed by atoms with E-state index in [-0.39, 0.29) is 6.61 Å². The largest absolute Gasteiger partial charge is 0.390 e. The van der Waals surface area contributed by atoms with E-state index >= 15 is 0 Å². The van der Waals surface area contributed by atoms with E-state index in [0.29, 0.717) is 17.1 Å². The summed E-state index contributed by atoms with van der Waals surface area (Å²) in [6.45, 7) is -0.149. The molecule has 0 saturated carbocycles. The van der Waals surface area contributed by atoms with Crippen molar-refractivity contribution < 1.29 is 9.50 Å². The highest BCUT2D eigenvalue weighted by molar-refractivity contribution is 5.52. The third-order valence-electron chi connectivity index (χ3n) is 1.86. The van der Waals surface area contributed by atoms with Crippen molar-refractivity contribution in [2.24, 2.45) is 0 Å². The molecule has 0 spiro atoms. The van der Waals surface area contributed by atoms with Crippen LogP contribution in [0.1, 0.15) is 5.69 Å². The molecule has 2 rings (SSSR count). The van der Waals surface area contributed by atoms with Gasteiger partial charge in [-0.25, -0.2) is 15.0 Å². The van der Waals surface area contributed by atoms with Crippen molar-refractivity contribution in [2.75, 3.05) is 0 Å². The molecule has 0 aliphatic heterocycles. The summed E-state index contributed by atoms with van der Waals surface area (Å²) in [4.78, 5) is 11.6. The lowest BCUT2D eigenvalue weighted by atomic mass is 10.2. The van der Waals surface area contributed by atoms with E-state index in [1.807, 2.05) is 0 Å². The van der Waals surface area contributed by atoms with Crippen molar-refractivity contribution >= 4 is 0 Å². The number of halogens is 1. The van der Waals surface area contributed by atoms with E-state index in [2.05, 4.69) is 15.0 Å². The van der Waals surface area contributed by atoms with Gasteiger partial charge in [-0.05, 0) is 18.2 Å². The lowest BCUT2D eigenvalue weighted by Gasteiger charge is -2.00. The van der Waals surface area contributed by atoms with Gasteiger partial charge < -0.3 is 5.11 Å². The van der Waals surface area contributed by atoms with E-state index in [9.17, 15) is 4.39 Å². The summed E-state index contributed by atoms with van der Waals surface area (Å²) in [6, 6.07) is 4.39. The Morgan fingerprint density at radius 3 is 2.73 bits per heavy atom. The van der Waals surface area contributed by atoms with Gasteiger partial charge in [0.25, 0.3) is 0 Å². The summed E-state index contributed by atoms with van der Waals surface area (Å²) in [5, 5.41) is 8.89. The number of hydrogen-bond donors (Lipinski definition) is 1. The SMILES string of the molecule is OCc1ccnc(-c2ccc(F)nc2)n1. The topological polar surface area (TPSA) is 58.9 Å². The highest BCUT2D eigenvalue weighted by Gasteiger charge is 2.02. The molecule has 0 amide bonds. The molecule has 15 heavy (non-hydrogen) atoms. The molecule has 76 valence electrons. The average Bonchev–Trinajstić information content (AvgIpc) is 2.30. The maximum atomic E-state index is 12.6. The lowest BCUT2D eigenvalue weighted by molar-refractivity contribution is 0.277. The number of pyridine rings is 1. The van der Waals surface area contributed by atoms with Crippen molar-refractivity contribution in [3.05, 3.63) is 42.2 Å². The molecule has 0 aliphatic rings. The highest BCUT2D eigenvalue weighted by atomic mass is 19.1. The van der Waals surface area contributed by atoms with Gasteiger partial charge in [0.05, 0.1) is 12.3 Å². The van der Waals surface area contributed by atoms with Crippen LogP contribution in [0.5, 0.6) is 0 Å². The van der Waals surface area contributed by atoms with Crippen molar-refractivity contribution in [2.45, 2.75) is 6.61 Å². The van der Waals surface area contributed by atoms with Gasteiger partial charge in [0.1, 0.15) is 0 Å². The zero-order valence-corrected chi connectivity index (χ0v) is 7.76. The molecule has 0 fully saturated rings. The quantitative estimate of drug-likeness (QED) is 0.747. The van der Waals surface area contributed by atoms with Gasteiger partial charge in [0.2, 0.25) is 5.95 Å². The molecule has 0 aliphatic carbocycles. The monoisotopic (exact) mass is 205 g/mol. The molecule has 0 aromatic carbocycles. The second-order valence-electron chi connectivity index (χ2n) is 2.90. The van der Waals surface area contributed by atoms with Crippen molar-refractivity contribution in [3.63, 3.8) is 0 Å². The summed E-state index contributed by atoms with van der Waals surface area (Å²) in [5.74, 6) is -0.119. The molecular weight excluding hydrogens is 197 g/mol. The van der Waals surface area contributed by atoms with Crippen LogP contribution < -0.4 is 0 Å². The van der Waals surface area contributed by atoms with Crippen LogP contribution in [0.2, 0.25) is 0 Å². The normalized spacial score (nSPS) is 10.3. The van der Waals surface area contributed by atoms with Crippen LogP contribution in [-0.4, -0.2) is 20.1 Å². The first-order valence-corrected chi connectivity index (χ1v) is 4.34. The van der Waals surface area contributed by atoms with Gasteiger partial charge in [-0.3, -0.25) is 0 Å². The number of nitrogens with zero attached hydrogens (tertiary/aromatic N) is 3. The van der Waals surface area contributed by atoms with Crippen LogP contribution in [-0.2, 0) is 6.61 Å². The fourth-order valence-electron chi connectivity index (χ4n) is 1.13.